The highest BCUT2D eigenvalue weighted by Gasteiger charge is 2.44. The first-order valence-corrected chi connectivity index (χ1v) is 10.7. The zero-order valence-corrected chi connectivity index (χ0v) is 17.0. The zero-order valence-electron chi connectivity index (χ0n) is 14.7. The second kappa shape index (κ2) is 7.31. The molecule has 0 radical (unpaired) electrons. The van der Waals surface area contributed by atoms with E-state index < -0.39 is 21.1 Å². The van der Waals surface area contributed by atoms with E-state index in [-0.39, 0.29) is 28.2 Å². The van der Waals surface area contributed by atoms with E-state index >= 15 is 0 Å². The topological polar surface area (TPSA) is 102 Å². The Balaban J connectivity index is 1.75. The van der Waals surface area contributed by atoms with Crippen molar-refractivity contribution in [3.05, 3.63) is 58.6 Å². The van der Waals surface area contributed by atoms with E-state index in [1.165, 1.54) is 12.3 Å². The molecule has 3 aromatic rings. The van der Waals surface area contributed by atoms with Crippen LogP contribution in [0.5, 0.6) is 0 Å². The first kappa shape index (κ1) is 19.1. The molecule has 0 bridgehead atoms. The van der Waals surface area contributed by atoms with Gasteiger partial charge < -0.3 is 9.32 Å². The molecule has 4 rings (SSSR count). The maximum absolute atomic E-state index is 13.2. The molecule has 0 amide bonds. The number of sulfone groups is 1. The fourth-order valence-electron chi connectivity index (χ4n) is 3.30. The van der Waals surface area contributed by atoms with Crippen LogP contribution in [-0.2, 0) is 9.84 Å². The molecule has 1 aliphatic heterocycles. The number of hydrogen-bond acceptors (Lipinski definition) is 8. The summed E-state index contributed by atoms with van der Waals surface area (Å²) in [7, 11) is -3.69. The van der Waals surface area contributed by atoms with Crippen LogP contribution in [0.3, 0.4) is 0 Å². The highest BCUT2D eigenvalue weighted by Crippen LogP contribution is 2.40. The first-order chi connectivity index (χ1) is 13.4. The van der Waals surface area contributed by atoms with Gasteiger partial charge >= 0.3 is 0 Å². The summed E-state index contributed by atoms with van der Waals surface area (Å²) in [4.78, 5) is 9.99. The number of hydrogen-bond donors (Lipinski definition) is 0. The highest BCUT2D eigenvalue weighted by molar-refractivity contribution is 7.92. The van der Waals surface area contributed by atoms with Gasteiger partial charge in [0.05, 0.1) is 15.2 Å². The molecule has 2 aromatic heterocycles. The number of nitrogens with zero attached hydrogens (tertiary/aromatic N) is 5. The molecule has 0 N–H and O–H groups in total. The van der Waals surface area contributed by atoms with Crippen LogP contribution in [0, 0.1) is 6.92 Å². The number of anilines is 1. The molecule has 3 heterocycles. The summed E-state index contributed by atoms with van der Waals surface area (Å²) in [6, 6.07) is 7.60. The average Bonchev–Trinajstić information content (AvgIpc) is 3.28. The molecule has 1 saturated heterocycles. The van der Waals surface area contributed by atoms with Crippen molar-refractivity contribution in [1.29, 1.82) is 0 Å². The monoisotopic (exact) mass is 439 g/mol. The molecule has 8 nitrogen and oxygen atoms in total. The maximum atomic E-state index is 13.2. The third-order valence-electron chi connectivity index (χ3n) is 4.58. The van der Waals surface area contributed by atoms with Gasteiger partial charge in [0.1, 0.15) is 11.9 Å². The van der Waals surface area contributed by atoms with Crippen molar-refractivity contribution < 1.29 is 12.8 Å². The molecule has 1 aromatic carbocycles. The van der Waals surface area contributed by atoms with Crippen LogP contribution < -0.4 is 4.90 Å². The van der Waals surface area contributed by atoms with Crippen LogP contribution in [0.25, 0.3) is 0 Å². The highest BCUT2D eigenvalue weighted by atomic mass is 35.5. The summed E-state index contributed by atoms with van der Waals surface area (Å²) in [6.07, 6.45) is 1.76. The lowest BCUT2D eigenvalue weighted by atomic mass is 10.2. The smallest absolute Gasteiger partial charge is 0.238 e. The third kappa shape index (κ3) is 3.45. The van der Waals surface area contributed by atoms with E-state index in [4.69, 9.17) is 27.6 Å². The van der Waals surface area contributed by atoms with E-state index in [9.17, 15) is 8.42 Å². The van der Waals surface area contributed by atoms with Gasteiger partial charge in [0.15, 0.2) is 9.84 Å². The van der Waals surface area contributed by atoms with Crippen LogP contribution in [0.15, 0.2) is 45.8 Å². The summed E-state index contributed by atoms with van der Waals surface area (Å²) in [5.74, 6) is 1.20. The van der Waals surface area contributed by atoms with Gasteiger partial charge in [0, 0.05) is 19.7 Å². The minimum absolute atomic E-state index is 0.0652. The molecule has 0 saturated carbocycles. The molecule has 1 aliphatic rings. The Morgan fingerprint density at radius 1 is 1.18 bits per heavy atom. The molecule has 146 valence electrons. The normalized spacial score (nSPS) is 19.9. The summed E-state index contributed by atoms with van der Waals surface area (Å²) < 4.78 is 32.1. The molecule has 28 heavy (non-hydrogen) atoms. The fourth-order valence-corrected chi connectivity index (χ4v) is 5.66. The summed E-state index contributed by atoms with van der Waals surface area (Å²) >= 11 is 12.1. The lowest BCUT2D eigenvalue weighted by Crippen LogP contribution is -2.28. The number of aromatic nitrogens is 4. The van der Waals surface area contributed by atoms with Gasteiger partial charge in [-0.25, -0.2) is 18.4 Å². The van der Waals surface area contributed by atoms with Crippen molar-refractivity contribution in [2.24, 2.45) is 0 Å². The van der Waals surface area contributed by atoms with Crippen molar-refractivity contribution in [3.8, 4) is 0 Å². The Hall–Kier alpha value is -2.23. The van der Waals surface area contributed by atoms with Crippen LogP contribution in [0.2, 0.25) is 10.3 Å². The molecule has 1 fully saturated rings. The average molecular weight is 440 g/mol. The van der Waals surface area contributed by atoms with E-state index in [0.29, 0.717) is 17.6 Å². The number of aryl methyl sites for hydroxylation is 1. The molecule has 0 unspecified atom stereocenters. The summed E-state index contributed by atoms with van der Waals surface area (Å²) in [6.45, 7) is 1.85. The van der Waals surface area contributed by atoms with Gasteiger partial charge in [-0.05, 0) is 36.2 Å². The summed E-state index contributed by atoms with van der Waals surface area (Å²) in [5.41, 5.74) is 0. The van der Waals surface area contributed by atoms with E-state index in [2.05, 4.69) is 20.2 Å². The van der Waals surface area contributed by atoms with Crippen LogP contribution in [-0.4, -0.2) is 40.4 Å². The molecular weight excluding hydrogens is 425 g/mol. The van der Waals surface area contributed by atoms with Gasteiger partial charge in [-0.2, -0.15) is 0 Å². The quantitative estimate of drug-likeness (QED) is 0.570. The fraction of sp³-hybridized carbons (Fsp3) is 0.294. The van der Waals surface area contributed by atoms with Crippen molar-refractivity contribution >= 4 is 38.9 Å². The minimum atomic E-state index is -3.69. The Morgan fingerprint density at radius 2 is 1.96 bits per heavy atom. The molecular formula is C17H15Cl2N5O3S. The lowest BCUT2D eigenvalue weighted by Gasteiger charge is -2.22. The predicted octanol–water partition coefficient (Wildman–Crippen LogP) is 3.27. The van der Waals surface area contributed by atoms with Crippen molar-refractivity contribution in [2.45, 2.75) is 29.5 Å². The largest absolute Gasteiger partial charge is 0.423 e. The van der Waals surface area contributed by atoms with Crippen molar-refractivity contribution in [1.82, 2.24) is 20.2 Å². The Kier molecular flexibility index (Phi) is 4.98. The minimum Gasteiger partial charge on any atom is -0.423 e. The Bertz CT molecular complexity index is 1120. The molecule has 11 heteroatoms. The van der Waals surface area contributed by atoms with Crippen molar-refractivity contribution in [2.75, 3.05) is 11.4 Å². The van der Waals surface area contributed by atoms with Gasteiger partial charge in [-0.1, -0.05) is 23.7 Å². The summed E-state index contributed by atoms with van der Waals surface area (Å²) in [5, 5.41) is 7.46. The first-order valence-electron chi connectivity index (χ1n) is 8.40. The Morgan fingerprint density at radius 3 is 2.64 bits per heavy atom. The van der Waals surface area contributed by atoms with E-state index in [0.717, 1.165) is 0 Å². The Labute approximate surface area is 171 Å². The second-order valence-electron chi connectivity index (χ2n) is 6.34. The standard InChI is InChI=1S/C17H15Cl2N5O3S/c1-10-22-23-16(27-10)13-8-11(9-24(13)15-6-7-20-17(19)21-15)28(25,26)14-5-3-2-4-12(14)18/h2-7,11,13H,8-9H2,1H3/t11-,13+/m0/s1. The van der Waals surface area contributed by atoms with Crippen molar-refractivity contribution in [3.63, 3.8) is 0 Å². The zero-order chi connectivity index (χ0) is 19.9. The molecule has 2 atom stereocenters. The molecule has 0 aliphatic carbocycles. The number of benzene rings is 1. The number of halogens is 2. The predicted molar refractivity (Wildman–Crippen MR) is 103 cm³/mol. The number of rotatable bonds is 4. The van der Waals surface area contributed by atoms with Gasteiger partial charge in [-0.15, -0.1) is 10.2 Å². The SMILES string of the molecule is Cc1nnc([C@H]2C[C@H](S(=O)(=O)c3ccccc3Cl)CN2c2ccnc(Cl)n2)o1. The van der Waals surface area contributed by atoms with Crippen LogP contribution in [0.4, 0.5) is 5.82 Å². The van der Waals surface area contributed by atoms with Crippen LogP contribution in [0.1, 0.15) is 24.2 Å². The van der Waals surface area contributed by atoms with E-state index in [1.807, 2.05) is 0 Å². The van der Waals surface area contributed by atoms with Gasteiger partial charge in [0.25, 0.3) is 0 Å². The maximum Gasteiger partial charge on any atom is 0.238 e. The second-order valence-corrected chi connectivity index (χ2v) is 9.29. The van der Waals surface area contributed by atoms with E-state index in [1.54, 1.807) is 36.1 Å². The lowest BCUT2D eigenvalue weighted by molar-refractivity contribution is 0.429. The van der Waals surface area contributed by atoms with Gasteiger partial charge in [0.2, 0.25) is 17.1 Å². The van der Waals surface area contributed by atoms with Gasteiger partial charge in [-0.3, -0.25) is 0 Å². The molecule has 0 spiro atoms. The van der Waals surface area contributed by atoms with Crippen LogP contribution >= 0.6 is 23.2 Å². The third-order valence-corrected chi connectivity index (χ3v) is 7.39.